The molecule has 0 aliphatic carbocycles. The Morgan fingerprint density at radius 3 is 2.32 bits per heavy atom. The Labute approximate surface area is 172 Å². The molecule has 1 amide bonds. The van der Waals surface area contributed by atoms with E-state index in [1.807, 2.05) is 78.2 Å². The molecule has 3 N–H and O–H groups in total. The van der Waals surface area contributed by atoms with Crippen LogP contribution in [0.1, 0.15) is 10.4 Å². The number of carbonyl (C=O) groups excluding carboxylic acids is 1. The van der Waals surface area contributed by atoms with E-state index >= 15 is 0 Å². The van der Waals surface area contributed by atoms with Gasteiger partial charge in [-0.3, -0.25) is 4.79 Å². The van der Waals surface area contributed by atoms with Gasteiger partial charge in [-0.25, -0.2) is 0 Å². The number of amides is 1. The Balaban J connectivity index is 1.48. The average molecular weight is 403 g/mol. The van der Waals surface area contributed by atoms with Gasteiger partial charge in [-0.05, 0) is 65.5 Å². The lowest BCUT2D eigenvalue weighted by atomic mass is 10.1. The van der Waals surface area contributed by atoms with Crippen LogP contribution in [-0.4, -0.2) is 5.91 Å². The van der Waals surface area contributed by atoms with E-state index in [2.05, 4.69) is 17.4 Å². The van der Waals surface area contributed by atoms with Crippen LogP contribution in [0.15, 0.2) is 100 Å². The minimum Gasteiger partial charge on any atom is -0.397 e. The van der Waals surface area contributed by atoms with Gasteiger partial charge in [0.2, 0.25) is 0 Å². The van der Waals surface area contributed by atoms with Crippen molar-refractivity contribution >= 4 is 40.4 Å². The third-order valence-corrected chi connectivity index (χ3v) is 6.14. The summed E-state index contributed by atoms with van der Waals surface area (Å²) in [5.74, 6) is -0.175. The third kappa shape index (κ3) is 4.27. The van der Waals surface area contributed by atoms with Crippen molar-refractivity contribution in [1.29, 1.82) is 0 Å². The van der Waals surface area contributed by atoms with E-state index in [4.69, 9.17) is 5.73 Å². The summed E-state index contributed by atoms with van der Waals surface area (Å²) >= 11 is 3.32. The number of nitrogen functional groups attached to an aromatic ring is 1. The van der Waals surface area contributed by atoms with Crippen LogP contribution in [-0.2, 0) is 0 Å². The van der Waals surface area contributed by atoms with Gasteiger partial charge in [0, 0.05) is 20.2 Å². The van der Waals surface area contributed by atoms with Crippen LogP contribution >= 0.6 is 23.1 Å². The molecule has 3 aromatic carbocycles. The largest absolute Gasteiger partial charge is 0.397 e. The van der Waals surface area contributed by atoms with Gasteiger partial charge in [0.25, 0.3) is 5.91 Å². The monoisotopic (exact) mass is 402 g/mol. The van der Waals surface area contributed by atoms with E-state index in [1.165, 1.54) is 0 Å². The Bertz CT molecular complexity index is 1080. The van der Waals surface area contributed by atoms with Gasteiger partial charge < -0.3 is 11.1 Å². The highest BCUT2D eigenvalue weighted by atomic mass is 32.2. The first-order valence-electron chi connectivity index (χ1n) is 8.77. The number of thiophene rings is 1. The molecule has 0 saturated carbocycles. The molecule has 0 atom stereocenters. The summed E-state index contributed by atoms with van der Waals surface area (Å²) in [6, 6.07) is 27.5. The first-order valence-corrected chi connectivity index (χ1v) is 10.5. The number of hydrogen-bond donors (Lipinski definition) is 2. The van der Waals surface area contributed by atoms with Crippen molar-refractivity contribution in [3.8, 4) is 10.4 Å². The van der Waals surface area contributed by atoms with Crippen LogP contribution in [0, 0.1) is 0 Å². The lowest BCUT2D eigenvalue weighted by molar-refractivity contribution is 0.102. The van der Waals surface area contributed by atoms with E-state index < -0.39 is 0 Å². The molecule has 0 bridgehead atoms. The normalized spacial score (nSPS) is 10.6. The summed E-state index contributed by atoms with van der Waals surface area (Å²) in [5.41, 5.74) is 8.87. The van der Waals surface area contributed by atoms with Crippen LogP contribution in [0.3, 0.4) is 0 Å². The maximum Gasteiger partial charge on any atom is 0.255 e. The van der Waals surface area contributed by atoms with Crippen LogP contribution in [0.25, 0.3) is 10.4 Å². The summed E-state index contributed by atoms with van der Waals surface area (Å²) in [5, 5.41) is 4.96. The molecule has 0 radical (unpaired) electrons. The highest BCUT2D eigenvalue weighted by Gasteiger charge is 2.10. The molecular formula is C23H18N2OS2. The number of nitrogens with one attached hydrogen (secondary N) is 1. The molecule has 0 unspecified atom stereocenters. The third-order valence-electron chi connectivity index (χ3n) is 4.20. The smallest absolute Gasteiger partial charge is 0.255 e. The van der Waals surface area contributed by atoms with Gasteiger partial charge in [-0.1, -0.05) is 42.1 Å². The molecule has 4 aromatic rings. The Hall–Kier alpha value is -3.02. The van der Waals surface area contributed by atoms with Gasteiger partial charge in [-0.2, -0.15) is 0 Å². The molecule has 0 saturated heterocycles. The van der Waals surface area contributed by atoms with Crippen LogP contribution in [0.2, 0.25) is 0 Å². The van der Waals surface area contributed by atoms with E-state index in [-0.39, 0.29) is 5.91 Å². The zero-order valence-corrected chi connectivity index (χ0v) is 16.6. The Morgan fingerprint density at radius 2 is 1.61 bits per heavy atom. The first-order chi connectivity index (χ1) is 13.7. The van der Waals surface area contributed by atoms with Gasteiger partial charge in [0.1, 0.15) is 0 Å². The minimum atomic E-state index is -0.175. The Morgan fingerprint density at radius 1 is 0.857 bits per heavy atom. The summed E-state index contributed by atoms with van der Waals surface area (Å²) in [7, 11) is 0. The predicted molar refractivity (Wildman–Crippen MR) is 119 cm³/mol. The zero-order valence-electron chi connectivity index (χ0n) is 15.0. The maximum absolute atomic E-state index is 12.7. The fraction of sp³-hybridized carbons (Fsp3) is 0. The second-order valence-corrected chi connectivity index (χ2v) is 8.27. The van der Waals surface area contributed by atoms with Crippen molar-refractivity contribution in [1.82, 2.24) is 0 Å². The fourth-order valence-electron chi connectivity index (χ4n) is 2.75. The SMILES string of the molecule is Nc1ccc(-c2cccs2)cc1NC(=O)c1ccc(Sc2ccccc2)cc1. The maximum atomic E-state index is 12.7. The van der Waals surface area contributed by atoms with Crippen molar-refractivity contribution in [2.75, 3.05) is 11.1 Å². The van der Waals surface area contributed by atoms with Gasteiger partial charge >= 0.3 is 0 Å². The van der Waals surface area contributed by atoms with Gasteiger partial charge in [-0.15, -0.1) is 11.3 Å². The molecule has 4 rings (SSSR count). The fourth-order valence-corrected chi connectivity index (χ4v) is 4.32. The average Bonchev–Trinajstić information content (AvgIpc) is 3.26. The highest BCUT2D eigenvalue weighted by Crippen LogP contribution is 2.31. The van der Waals surface area contributed by atoms with Crippen molar-refractivity contribution in [3.63, 3.8) is 0 Å². The van der Waals surface area contributed by atoms with Crippen LogP contribution in [0.5, 0.6) is 0 Å². The molecular weight excluding hydrogens is 384 g/mol. The second kappa shape index (κ2) is 8.33. The van der Waals surface area contributed by atoms with E-state index in [0.29, 0.717) is 16.9 Å². The molecule has 0 spiro atoms. The van der Waals surface area contributed by atoms with Crippen molar-refractivity contribution in [3.05, 3.63) is 95.9 Å². The predicted octanol–water partition coefficient (Wildman–Crippen LogP) is 6.40. The lowest BCUT2D eigenvalue weighted by Crippen LogP contribution is -2.13. The van der Waals surface area contributed by atoms with Crippen molar-refractivity contribution in [2.45, 2.75) is 9.79 Å². The number of nitrogens with two attached hydrogens (primary N) is 1. The molecule has 5 heteroatoms. The topological polar surface area (TPSA) is 55.1 Å². The molecule has 28 heavy (non-hydrogen) atoms. The number of hydrogen-bond acceptors (Lipinski definition) is 4. The first kappa shape index (κ1) is 18.3. The van der Waals surface area contributed by atoms with E-state index in [1.54, 1.807) is 23.1 Å². The van der Waals surface area contributed by atoms with Crippen molar-refractivity contribution < 1.29 is 4.79 Å². The quantitative estimate of drug-likeness (QED) is 0.380. The van der Waals surface area contributed by atoms with Crippen LogP contribution < -0.4 is 11.1 Å². The molecule has 0 fully saturated rings. The molecule has 0 aliphatic rings. The highest BCUT2D eigenvalue weighted by molar-refractivity contribution is 7.99. The van der Waals surface area contributed by atoms with Crippen molar-refractivity contribution in [2.24, 2.45) is 0 Å². The standard InChI is InChI=1S/C23H18N2OS2/c24-20-13-10-17(22-7-4-14-27-22)15-21(20)25-23(26)16-8-11-19(12-9-16)28-18-5-2-1-3-6-18/h1-15H,24H2,(H,25,26). The van der Waals surface area contributed by atoms with Crippen LogP contribution in [0.4, 0.5) is 11.4 Å². The summed E-state index contributed by atoms with van der Waals surface area (Å²) in [6.07, 6.45) is 0. The van der Waals surface area contributed by atoms with E-state index in [9.17, 15) is 4.79 Å². The van der Waals surface area contributed by atoms with Gasteiger partial charge in [0.05, 0.1) is 11.4 Å². The Kier molecular flexibility index (Phi) is 5.46. The lowest BCUT2D eigenvalue weighted by Gasteiger charge is -2.10. The molecule has 138 valence electrons. The molecule has 1 heterocycles. The van der Waals surface area contributed by atoms with E-state index in [0.717, 1.165) is 20.2 Å². The molecule has 1 aromatic heterocycles. The number of benzene rings is 3. The number of anilines is 2. The second-order valence-electron chi connectivity index (χ2n) is 6.17. The summed E-state index contributed by atoms with van der Waals surface area (Å²) in [6.45, 7) is 0. The van der Waals surface area contributed by atoms with Gasteiger partial charge in [0.15, 0.2) is 0 Å². The number of rotatable bonds is 5. The molecule has 0 aliphatic heterocycles. The number of carbonyl (C=O) groups is 1. The minimum absolute atomic E-state index is 0.175. The summed E-state index contributed by atoms with van der Waals surface area (Å²) in [4.78, 5) is 16.0. The summed E-state index contributed by atoms with van der Waals surface area (Å²) < 4.78 is 0. The molecule has 3 nitrogen and oxygen atoms in total. The zero-order chi connectivity index (χ0) is 19.3.